The lowest BCUT2D eigenvalue weighted by atomic mass is 10.2. The van der Waals surface area contributed by atoms with Crippen LogP contribution >= 0.6 is 0 Å². The quantitative estimate of drug-likeness (QED) is 0.798. The van der Waals surface area contributed by atoms with Crippen molar-refractivity contribution in [2.75, 3.05) is 26.9 Å². The third-order valence-electron chi connectivity index (χ3n) is 2.62. The van der Waals surface area contributed by atoms with Gasteiger partial charge in [0.25, 0.3) is 0 Å². The minimum atomic E-state index is -0.131. The summed E-state index contributed by atoms with van der Waals surface area (Å²) < 4.78 is 15.6. The fourth-order valence-electron chi connectivity index (χ4n) is 1.58. The third kappa shape index (κ3) is 2.78. The Hall–Kier alpha value is -0.980. The van der Waals surface area contributed by atoms with E-state index in [9.17, 15) is 0 Å². The summed E-state index contributed by atoms with van der Waals surface area (Å²) in [5.41, 5.74) is 0. The van der Waals surface area contributed by atoms with Gasteiger partial charge in [-0.3, -0.25) is 0 Å². The average molecular weight is 227 g/mol. The molecular formula is C10H17N3O3. The van der Waals surface area contributed by atoms with E-state index in [4.69, 9.17) is 14.0 Å². The molecular weight excluding hydrogens is 210 g/mol. The SMILES string of the molecule is COC(C)c1noc(CC2COCCN2)n1. The molecule has 90 valence electrons. The van der Waals surface area contributed by atoms with Crippen molar-refractivity contribution in [2.24, 2.45) is 0 Å². The zero-order chi connectivity index (χ0) is 11.4. The second-order valence-electron chi connectivity index (χ2n) is 3.85. The molecule has 0 aromatic carbocycles. The van der Waals surface area contributed by atoms with Gasteiger partial charge in [0.1, 0.15) is 6.10 Å². The molecule has 1 aromatic heterocycles. The highest BCUT2D eigenvalue weighted by Gasteiger charge is 2.18. The average Bonchev–Trinajstić information content (AvgIpc) is 2.78. The predicted molar refractivity (Wildman–Crippen MR) is 56.0 cm³/mol. The number of nitrogens with zero attached hydrogens (tertiary/aromatic N) is 2. The number of hydrogen-bond acceptors (Lipinski definition) is 6. The number of ether oxygens (including phenoxy) is 2. The Morgan fingerprint density at radius 2 is 2.50 bits per heavy atom. The van der Waals surface area contributed by atoms with E-state index in [0.717, 1.165) is 13.2 Å². The summed E-state index contributed by atoms with van der Waals surface area (Å²) in [5.74, 6) is 1.22. The number of morpholine rings is 1. The van der Waals surface area contributed by atoms with Crippen LogP contribution in [0.1, 0.15) is 24.7 Å². The van der Waals surface area contributed by atoms with Crippen LogP contribution in [0.15, 0.2) is 4.52 Å². The Labute approximate surface area is 94.3 Å². The van der Waals surface area contributed by atoms with Gasteiger partial charge in [-0.25, -0.2) is 0 Å². The van der Waals surface area contributed by atoms with Crippen molar-refractivity contribution in [3.8, 4) is 0 Å². The first-order chi connectivity index (χ1) is 7.79. The molecule has 6 nitrogen and oxygen atoms in total. The van der Waals surface area contributed by atoms with Crippen LogP contribution in [-0.4, -0.2) is 43.1 Å². The standard InChI is InChI=1S/C10H17N3O3/c1-7(14-2)10-12-9(16-13-10)5-8-6-15-4-3-11-8/h7-8,11H,3-6H2,1-2H3. The monoisotopic (exact) mass is 227 g/mol. The van der Waals surface area contributed by atoms with E-state index in [2.05, 4.69) is 15.5 Å². The zero-order valence-electron chi connectivity index (χ0n) is 9.60. The van der Waals surface area contributed by atoms with Crippen molar-refractivity contribution in [1.29, 1.82) is 0 Å². The van der Waals surface area contributed by atoms with Gasteiger partial charge in [-0.15, -0.1) is 0 Å². The predicted octanol–water partition coefficient (Wildman–Crippen LogP) is 0.308. The van der Waals surface area contributed by atoms with Gasteiger partial charge in [0.05, 0.1) is 13.2 Å². The highest BCUT2D eigenvalue weighted by atomic mass is 16.5. The van der Waals surface area contributed by atoms with Crippen molar-refractivity contribution < 1.29 is 14.0 Å². The zero-order valence-corrected chi connectivity index (χ0v) is 9.60. The number of nitrogens with one attached hydrogen (secondary N) is 1. The van der Waals surface area contributed by atoms with E-state index in [-0.39, 0.29) is 12.1 Å². The summed E-state index contributed by atoms with van der Waals surface area (Å²) in [6, 6.07) is 0.264. The normalized spacial score (nSPS) is 23.2. The Balaban J connectivity index is 1.91. The summed E-state index contributed by atoms with van der Waals surface area (Å²) >= 11 is 0. The highest BCUT2D eigenvalue weighted by Crippen LogP contribution is 2.12. The van der Waals surface area contributed by atoms with Gasteiger partial charge in [-0.2, -0.15) is 4.98 Å². The van der Waals surface area contributed by atoms with E-state index in [1.165, 1.54) is 0 Å². The molecule has 1 aromatic rings. The molecule has 0 bridgehead atoms. The van der Waals surface area contributed by atoms with Crippen LogP contribution in [0.2, 0.25) is 0 Å². The fraction of sp³-hybridized carbons (Fsp3) is 0.800. The first-order valence-electron chi connectivity index (χ1n) is 5.46. The fourth-order valence-corrected chi connectivity index (χ4v) is 1.58. The summed E-state index contributed by atoms with van der Waals surface area (Å²) in [5, 5.41) is 7.21. The van der Waals surface area contributed by atoms with Crippen LogP contribution in [0.4, 0.5) is 0 Å². The summed E-state index contributed by atoms with van der Waals surface area (Å²) in [6.45, 7) is 4.22. The first kappa shape index (κ1) is 11.5. The molecule has 2 unspecified atom stereocenters. The summed E-state index contributed by atoms with van der Waals surface area (Å²) in [7, 11) is 1.62. The van der Waals surface area contributed by atoms with Crippen LogP contribution in [0, 0.1) is 0 Å². The van der Waals surface area contributed by atoms with Crippen LogP contribution in [0.25, 0.3) is 0 Å². The molecule has 16 heavy (non-hydrogen) atoms. The van der Waals surface area contributed by atoms with Crippen LogP contribution < -0.4 is 5.32 Å². The van der Waals surface area contributed by atoms with Gasteiger partial charge in [0, 0.05) is 26.1 Å². The molecule has 1 N–H and O–H groups in total. The number of hydrogen-bond donors (Lipinski definition) is 1. The first-order valence-corrected chi connectivity index (χ1v) is 5.46. The molecule has 0 saturated carbocycles. The molecule has 1 aliphatic heterocycles. The van der Waals surface area contributed by atoms with E-state index >= 15 is 0 Å². The van der Waals surface area contributed by atoms with Crippen LogP contribution in [0.5, 0.6) is 0 Å². The second kappa shape index (κ2) is 5.38. The van der Waals surface area contributed by atoms with E-state index in [0.29, 0.717) is 24.7 Å². The van der Waals surface area contributed by atoms with Gasteiger partial charge in [0.15, 0.2) is 5.82 Å². The smallest absolute Gasteiger partial charge is 0.228 e. The van der Waals surface area contributed by atoms with E-state index < -0.39 is 0 Å². The number of methoxy groups -OCH3 is 1. The number of rotatable bonds is 4. The molecule has 2 heterocycles. The summed E-state index contributed by atoms with van der Waals surface area (Å²) in [4.78, 5) is 4.28. The third-order valence-corrected chi connectivity index (χ3v) is 2.62. The minimum absolute atomic E-state index is 0.131. The van der Waals surface area contributed by atoms with Gasteiger partial charge < -0.3 is 19.3 Å². The van der Waals surface area contributed by atoms with Crippen LogP contribution in [-0.2, 0) is 15.9 Å². The number of aromatic nitrogens is 2. The Bertz CT molecular complexity index is 323. The maximum absolute atomic E-state index is 5.35. The largest absolute Gasteiger partial charge is 0.378 e. The lowest BCUT2D eigenvalue weighted by Crippen LogP contribution is -2.42. The highest BCUT2D eigenvalue weighted by molar-refractivity contribution is 4.92. The summed E-state index contributed by atoms with van der Waals surface area (Å²) in [6.07, 6.45) is 0.566. The van der Waals surface area contributed by atoms with Crippen molar-refractivity contribution in [3.63, 3.8) is 0 Å². The Morgan fingerprint density at radius 3 is 3.19 bits per heavy atom. The molecule has 1 fully saturated rings. The molecule has 0 radical (unpaired) electrons. The van der Waals surface area contributed by atoms with Gasteiger partial charge in [-0.05, 0) is 6.92 Å². The maximum Gasteiger partial charge on any atom is 0.228 e. The Kier molecular flexibility index (Phi) is 3.87. The molecule has 0 spiro atoms. The lowest BCUT2D eigenvalue weighted by Gasteiger charge is -2.22. The molecule has 6 heteroatoms. The van der Waals surface area contributed by atoms with Crippen molar-refractivity contribution in [2.45, 2.75) is 25.5 Å². The Morgan fingerprint density at radius 1 is 1.62 bits per heavy atom. The second-order valence-corrected chi connectivity index (χ2v) is 3.85. The van der Waals surface area contributed by atoms with E-state index in [1.54, 1.807) is 7.11 Å². The minimum Gasteiger partial charge on any atom is -0.378 e. The van der Waals surface area contributed by atoms with Gasteiger partial charge >= 0.3 is 0 Å². The van der Waals surface area contributed by atoms with Gasteiger partial charge in [-0.1, -0.05) is 5.16 Å². The molecule has 2 atom stereocenters. The van der Waals surface area contributed by atoms with E-state index in [1.807, 2.05) is 6.92 Å². The maximum atomic E-state index is 5.35. The molecule has 2 rings (SSSR count). The molecule has 0 aliphatic carbocycles. The molecule has 1 aliphatic rings. The van der Waals surface area contributed by atoms with Gasteiger partial charge in [0.2, 0.25) is 5.89 Å². The van der Waals surface area contributed by atoms with Crippen molar-refractivity contribution >= 4 is 0 Å². The van der Waals surface area contributed by atoms with Crippen molar-refractivity contribution in [1.82, 2.24) is 15.5 Å². The van der Waals surface area contributed by atoms with Crippen molar-refractivity contribution in [3.05, 3.63) is 11.7 Å². The topological polar surface area (TPSA) is 69.4 Å². The molecule has 0 amide bonds. The lowest BCUT2D eigenvalue weighted by molar-refractivity contribution is 0.0744. The van der Waals surface area contributed by atoms with Crippen LogP contribution in [0.3, 0.4) is 0 Å². The molecule has 1 saturated heterocycles.